The number of para-hydroxylation sites is 1. The Morgan fingerprint density at radius 3 is 2.94 bits per heavy atom. The summed E-state index contributed by atoms with van der Waals surface area (Å²) in [4.78, 5) is 12.4. The van der Waals surface area contributed by atoms with Gasteiger partial charge >= 0.3 is 0 Å². The fourth-order valence-corrected chi connectivity index (χ4v) is 2.12. The third-order valence-corrected chi connectivity index (χ3v) is 3.29. The van der Waals surface area contributed by atoms with Crippen LogP contribution in [-0.4, -0.2) is 18.2 Å². The molecule has 0 fully saturated rings. The van der Waals surface area contributed by atoms with Crippen LogP contribution < -0.4 is 11.1 Å². The van der Waals surface area contributed by atoms with Gasteiger partial charge in [0, 0.05) is 17.1 Å². The van der Waals surface area contributed by atoms with E-state index in [1.165, 1.54) is 11.8 Å². The summed E-state index contributed by atoms with van der Waals surface area (Å²) in [6, 6.07) is 5.87. The van der Waals surface area contributed by atoms with E-state index in [4.69, 9.17) is 5.73 Å². The highest BCUT2D eigenvalue weighted by molar-refractivity contribution is 8.00. The molecule has 0 heterocycles. The highest BCUT2D eigenvalue weighted by Gasteiger charge is 2.05. The zero-order valence-electron chi connectivity index (χ0n) is 9.75. The van der Waals surface area contributed by atoms with Crippen molar-refractivity contribution in [3.63, 3.8) is 0 Å². The van der Waals surface area contributed by atoms with Gasteiger partial charge in [-0.1, -0.05) is 19.1 Å². The Morgan fingerprint density at radius 2 is 2.25 bits per heavy atom. The van der Waals surface area contributed by atoms with E-state index in [9.17, 15) is 4.79 Å². The van der Waals surface area contributed by atoms with Crippen LogP contribution in [0.1, 0.15) is 18.9 Å². The van der Waals surface area contributed by atoms with Crippen molar-refractivity contribution in [2.45, 2.75) is 25.2 Å². The molecule has 0 aromatic heterocycles. The molecule has 0 aliphatic carbocycles. The van der Waals surface area contributed by atoms with Crippen LogP contribution in [-0.2, 0) is 4.79 Å². The molecule has 0 unspecified atom stereocenters. The van der Waals surface area contributed by atoms with Crippen LogP contribution in [0, 0.1) is 6.92 Å². The van der Waals surface area contributed by atoms with Crippen LogP contribution >= 0.6 is 11.8 Å². The molecule has 0 atom stereocenters. The maximum atomic E-state index is 11.4. The number of hydrogen-bond donors (Lipinski definition) is 2. The van der Waals surface area contributed by atoms with Crippen molar-refractivity contribution in [3.05, 3.63) is 23.8 Å². The van der Waals surface area contributed by atoms with Gasteiger partial charge < -0.3 is 11.1 Å². The van der Waals surface area contributed by atoms with Gasteiger partial charge in [-0.3, -0.25) is 4.79 Å². The largest absolute Gasteiger partial charge is 0.398 e. The molecule has 0 bridgehead atoms. The topological polar surface area (TPSA) is 55.1 Å². The van der Waals surface area contributed by atoms with Gasteiger partial charge in [0.1, 0.15) is 0 Å². The molecule has 16 heavy (non-hydrogen) atoms. The van der Waals surface area contributed by atoms with Gasteiger partial charge in [-0.2, -0.15) is 0 Å². The molecule has 0 aliphatic rings. The van der Waals surface area contributed by atoms with Crippen molar-refractivity contribution in [3.8, 4) is 0 Å². The predicted octanol–water partition coefficient (Wildman–Crippen LogP) is 2.20. The van der Waals surface area contributed by atoms with Crippen molar-refractivity contribution < 1.29 is 4.79 Å². The fourth-order valence-electron chi connectivity index (χ4n) is 1.24. The number of carbonyl (C=O) groups excluding carboxylic acids is 1. The highest BCUT2D eigenvalue weighted by atomic mass is 32.2. The van der Waals surface area contributed by atoms with Crippen molar-refractivity contribution >= 4 is 23.4 Å². The van der Waals surface area contributed by atoms with E-state index in [2.05, 4.69) is 5.32 Å². The maximum Gasteiger partial charge on any atom is 0.230 e. The van der Waals surface area contributed by atoms with Crippen LogP contribution in [0.4, 0.5) is 5.69 Å². The maximum absolute atomic E-state index is 11.4. The van der Waals surface area contributed by atoms with Crippen LogP contribution in [0.5, 0.6) is 0 Å². The number of rotatable bonds is 5. The molecule has 0 saturated carbocycles. The molecule has 0 radical (unpaired) electrons. The number of hydrogen-bond acceptors (Lipinski definition) is 3. The lowest BCUT2D eigenvalue weighted by atomic mass is 10.2. The van der Waals surface area contributed by atoms with Gasteiger partial charge in [0.05, 0.1) is 5.75 Å². The minimum atomic E-state index is 0.0627. The second kappa shape index (κ2) is 6.43. The van der Waals surface area contributed by atoms with Gasteiger partial charge in [-0.25, -0.2) is 0 Å². The van der Waals surface area contributed by atoms with Gasteiger partial charge in [0.2, 0.25) is 5.91 Å². The number of nitrogens with two attached hydrogens (primary N) is 1. The molecule has 4 heteroatoms. The molecule has 3 N–H and O–H groups in total. The Kier molecular flexibility index (Phi) is 5.19. The van der Waals surface area contributed by atoms with Gasteiger partial charge in [0.25, 0.3) is 0 Å². The first-order valence-corrected chi connectivity index (χ1v) is 6.38. The van der Waals surface area contributed by atoms with Crippen molar-refractivity contribution in [1.29, 1.82) is 0 Å². The van der Waals surface area contributed by atoms with E-state index in [-0.39, 0.29) is 5.91 Å². The molecule has 0 aliphatic heterocycles. The summed E-state index contributed by atoms with van der Waals surface area (Å²) in [5.74, 6) is 0.487. The molecule has 1 aromatic carbocycles. The third kappa shape index (κ3) is 3.77. The number of amides is 1. The Balaban J connectivity index is 2.48. The van der Waals surface area contributed by atoms with Crippen molar-refractivity contribution in [2.75, 3.05) is 18.0 Å². The van der Waals surface area contributed by atoms with Crippen molar-refractivity contribution in [2.24, 2.45) is 0 Å². The summed E-state index contributed by atoms with van der Waals surface area (Å²) in [7, 11) is 0. The minimum Gasteiger partial charge on any atom is -0.398 e. The lowest BCUT2D eigenvalue weighted by Gasteiger charge is -2.07. The number of thioether (sulfide) groups is 1. The number of carbonyl (C=O) groups is 1. The smallest absolute Gasteiger partial charge is 0.230 e. The van der Waals surface area contributed by atoms with Gasteiger partial charge in [-0.15, -0.1) is 11.8 Å². The van der Waals surface area contributed by atoms with Gasteiger partial charge in [-0.05, 0) is 25.0 Å². The molecule has 1 amide bonds. The monoisotopic (exact) mass is 238 g/mol. The minimum absolute atomic E-state index is 0.0627. The third-order valence-electron chi connectivity index (χ3n) is 2.22. The van der Waals surface area contributed by atoms with E-state index in [0.29, 0.717) is 5.75 Å². The second-order valence-electron chi connectivity index (χ2n) is 3.63. The van der Waals surface area contributed by atoms with Gasteiger partial charge in [0.15, 0.2) is 0 Å². The summed E-state index contributed by atoms with van der Waals surface area (Å²) in [6.07, 6.45) is 0.961. The number of nitrogen functional groups attached to an aromatic ring is 1. The molecular weight excluding hydrogens is 220 g/mol. The average molecular weight is 238 g/mol. The number of benzene rings is 1. The quantitative estimate of drug-likeness (QED) is 0.611. The highest BCUT2D eigenvalue weighted by Crippen LogP contribution is 2.26. The molecule has 0 spiro atoms. The summed E-state index contributed by atoms with van der Waals surface area (Å²) in [6.45, 7) is 4.74. The van der Waals surface area contributed by atoms with Crippen LogP contribution in [0.25, 0.3) is 0 Å². The Hall–Kier alpha value is -1.16. The van der Waals surface area contributed by atoms with Crippen molar-refractivity contribution in [1.82, 2.24) is 5.32 Å². The molecule has 3 nitrogen and oxygen atoms in total. The van der Waals surface area contributed by atoms with E-state index in [1.807, 2.05) is 32.0 Å². The van der Waals surface area contributed by atoms with Crippen LogP contribution in [0.15, 0.2) is 23.1 Å². The van der Waals surface area contributed by atoms with E-state index < -0.39 is 0 Å². The summed E-state index contributed by atoms with van der Waals surface area (Å²) in [5.41, 5.74) is 7.74. The Morgan fingerprint density at radius 1 is 1.50 bits per heavy atom. The predicted molar refractivity (Wildman–Crippen MR) is 69.6 cm³/mol. The first-order chi connectivity index (χ1) is 7.65. The first kappa shape index (κ1) is 12.9. The summed E-state index contributed by atoms with van der Waals surface area (Å²) in [5, 5.41) is 2.84. The normalized spacial score (nSPS) is 10.1. The zero-order chi connectivity index (χ0) is 12.0. The average Bonchev–Trinajstić information content (AvgIpc) is 2.28. The Labute approximate surface area is 101 Å². The Bertz CT molecular complexity index is 366. The molecule has 1 rings (SSSR count). The first-order valence-electron chi connectivity index (χ1n) is 5.39. The number of aryl methyl sites for hydroxylation is 1. The van der Waals surface area contributed by atoms with E-state index in [0.717, 1.165) is 29.1 Å². The number of nitrogens with one attached hydrogen (secondary N) is 1. The van der Waals surface area contributed by atoms with Crippen LogP contribution in [0.3, 0.4) is 0 Å². The molecule has 0 saturated heterocycles. The lowest BCUT2D eigenvalue weighted by Crippen LogP contribution is -2.25. The SMILES string of the molecule is CCCNC(=O)CSc1cccc(C)c1N. The molecule has 88 valence electrons. The van der Waals surface area contributed by atoms with E-state index >= 15 is 0 Å². The zero-order valence-corrected chi connectivity index (χ0v) is 10.6. The number of anilines is 1. The summed E-state index contributed by atoms with van der Waals surface area (Å²) < 4.78 is 0. The fraction of sp³-hybridized carbons (Fsp3) is 0.417. The van der Waals surface area contributed by atoms with Crippen LogP contribution in [0.2, 0.25) is 0 Å². The molecule has 1 aromatic rings. The second-order valence-corrected chi connectivity index (χ2v) is 4.64. The standard InChI is InChI=1S/C12H18N2OS/c1-3-7-14-11(15)8-16-10-6-4-5-9(2)12(10)13/h4-6H,3,7-8,13H2,1-2H3,(H,14,15). The van der Waals surface area contributed by atoms with E-state index in [1.54, 1.807) is 0 Å². The summed E-state index contributed by atoms with van der Waals surface area (Å²) >= 11 is 1.48. The molecular formula is C12H18N2OS. The lowest BCUT2D eigenvalue weighted by molar-refractivity contribution is -0.118.